The van der Waals surface area contributed by atoms with Crippen LogP contribution >= 0.6 is 11.8 Å². The number of hydrogen-bond acceptors (Lipinski definition) is 4. The highest BCUT2D eigenvalue weighted by Crippen LogP contribution is 2.29. The molecule has 0 bridgehead atoms. The summed E-state index contributed by atoms with van der Waals surface area (Å²) in [5.41, 5.74) is -1.42. The van der Waals surface area contributed by atoms with Crippen molar-refractivity contribution in [2.75, 3.05) is 0 Å². The van der Waals surface area contributed by atoms with E-state index >= 15 is 0 Å². The molecule has 4 nitrogen and oxygen atoms in total. The topological polar surface area (TPSA) is 54.9 Å². The summed E-state index contributed by atoms with van der Waals surface area (Å²) >= 11 is 0.888. The average Bonchev–Trinajstić information content (AvgIpc) is 2.25. The van der Waals surface area contributed by atoms with E-state index in [1.165, 1.54) is 0 Å². The Morgan fingerprint density at radius 3 is 2.45 bits per heavy atom. The van der Waals surface area contributed by atoms with Crippen molar-refractivity contribution in [3.63, 3.8) is 0 Å². The van der Waals surface area contributed by atoms with Crippen LogP contribution in [0.15, 0.2) is 17.4 Å². The molecule has 1 rings (SSSR count). The highest BCUT2D eigenvalue weighted by Gasteiger charge is 2.33. The van der Waals surface area contributed by atoms with Crippen molar-refractivity contribution < 1.29 is 18.0 Å². The first-order valence-corrected chi connectivity index (χ1v) is 6.76. The lowest BCUT2D eigenvalue weighted by atomic mass is 10.1. The van der Waals surface area contributed by atoms with Gasteiger partial charge in [-0.15, -0.1) is 0 Å². The van der Waals surface area contributed by atoms with Crippen molar-refractivity contribution in [1.82, 2.24) is 15.3 Å². The maximum atomic E-state index is 12.5. The van der Waals surface area contributed by atoms with Gasteiger partial charge in [0.25, 0.3) is 0 Å². The second-order valence-corrected chi connectivity index (χ2v) is 6.53. The second-order valence-electron chi connectivity index (χ2n) is 5.22. The Kier molecular flexibility index (Phi) is 5.01. The first-order chi connectivity index (χ1) is 8.99. The summed E-state index contributed by atoms with van der Waals surface area (Å²) in [6, 6.07) is 0.796. The SMILES string of the molecule is C[C@@H](Sc1nccc(C(F)(F)F)n1)C(=O)NC(C)(C)C. The van der Waals surface area contributed by atoms with Crippen LogP contribution in [0.3, 0.4) is 0 Å². The number of alkyl halides is 3. The Morgan fingerprint density at radius 2 is 1.95 bits per heavy atom. The Balaban J connectivity index is 2.76. The van der Waals surface area contributed by atoms with Crippen molar-refractivity contribution in [2.24, 2.45) is 0 Å². The summed E-state index contributed by atoms with van der Waals surface area (Å²) in [6.45, 7) is 7.06. The Hall–Kier alpha value is -1.31. The zero-order valence-electron chi connectivity index (χ0n) is 11.6. The van der Waals surface area contributed by atoms with E-state index in [4.69, 9.17) is 0 Å². The molecule has 1 aromatic heterocycles. The van der Waals surface area contributed by atoms with Crippen molar-refractivity contribution in [2.45, 2.75) is 49.8 Å². The van der Waals surface area contributed by atoms with E-state index in [0.29, 0.717) is 0 Å². The number of amides is 1. The lowest BCUT2D eigenvalue weighted by Gasteiger charge is -2.22. The number of hydrogen-bond donors (Lipinski definition) is 1. The number of aromatic nitrogens is 2. The molecule has 20 heavy (non-hydrogen) atoms. The van der Waals surface area contributed by atoms with E-state index in [2.05, 4.69) is 15.3 Å². The third kappa shape index (κ3) is 5.36. The predicted molar refractivity (Wildman–Crippen MR) is 70.2 cm³/mol. The van der Waals surface area contributed by atoms with Crippen LogP contribution in [-0.2, 0) is 11.0 Å². The summed E-state index contributed by atoms with van der Waals surface area (Å²) in [5, 5.41) is 2.09. The third-order valence-corrected chi connectivity index (χ3v) is 3.05. The van der Waals surface area contributed by atoms with Gasteiger partial charge in [-0.1, -0.05) is 11.8 Å². The molecule has 1 heterocycles. The first kappa shape index (κ1) is 16.7. The van der Waals surface area contributed by atoms with Gasteiger partial charge in [-0.05, 0) is 33.8 Å². The fourth-order valence-corrected chi connectivity index (χ4v) is 1.99. The van der Waals surface area contributed by atoms with Crippen LogP contribution in [0.4, 0.5) is 13.2 Å². The Morgan fingerprint density at radius 1 is 1.35 bits per heavy atom. The summed E-state index contributed by atoms with van der Waals surface area (Å²) < 4.78 is 37.5. The maximum absolute atomic E-state index is 12.5. The molecular weight excluding hydrogens is 291 g/mol. The molecule has 0 spiro atoms. The van der Waals surface area contributed by atoms with Gasteiger partial charge in [0.15, 0.2) is 5.16 Å². The molecule has 0 fully saturated rings. The molecule has 1 N–H and O–H groups in total. The van der Waals surface area contributed by atoms with Gasteiger partial charge < -0.3 is 5.32 Å². The molecule has 0 aliphatic carbocycles. The second kappa shape index (κ2) is 5.99. The molecule has 1 aromatic rings. The highest BCUT2D eigenvalue weighted by atomic mass is 32.2. The minimum atomic E-state index is -4.52. The number of carbonyl (C=O) groups excluding carboxylic acids is 1. The van der Waals surface area contributed by atoms with E-state index in [1.54, 1.807) is 6.92 Å². The van der Waals surface area contributed by atoms with Gasteiger partial charge in [0.1, 0.15) is 5.69 Å². The summed E-state index contributed by atoms with van der Waals surface area (Å²) in [7, 11) is 0. The fraction of sp³-hybridized carbons (Fsp3) is 0.583. The number of nitrogens with one attached hydrogen (secondary N) is 1. The quantitative estimate of drug-likeness (QED) is 0.689. The van der Waals surface area contributed by atoms with Crippen LogP contribution in [0.5, 0.6) is 0 Å². The largest absolute Gasteiger partial charge is 0.433 e. The number of rotatable bonds is 3. The minimum absolute atomic E-state index is 0.0728. The first-order valence-electron chi connectivity index (χ1n) is 5.88. The third-order valence-electron chi connectivity index (χ3n) is 2.07. The lowest BCUT2D eigenvalue weighted by Crippen LogP contribution is -2.44. The maximum Gasteiger partial charge on any atom is 0.433 e. The average molecular weight is 307 g/mol. The monoisotopic (exact) mass is 307 g/mol. The van der Waals surface area contributed by atoms with Gasteiger partial charge in [0, 0.05) is 11.7 Å². The van der Waals surface area contributed by atoms with E-state index in [1.807, 2.05) is 20.8 Å². The Labute approximate surface area is 119 Å². The molecule has 0 saturated heterocycles. The summed E-state index contributed by atoms with van der Waals surface area (Å²) in [6.07, 6.45) is -3.48. The van der Waals surface area contributed by atoms with Crippen molar-refractivity contribution in [1.29, 1.82) is 0 Å². The number of nitrogens with zero attached hydrogens (tertiary/aromatic N) is 2. The zero-order valence-corrected chi connectivity index (χ0v) is 12.4. The lowest BCUT2D eigenvalue weighted by molar-refractivity contribution is -0.141. The van der Waals surface area contributed by atoms with Crippen LogP contribution in [-0.4, -0.2) is 26.7 Å². The summed E-state index contributed by atoms with van der Waals surface area (Å²) in [5.74, 6) is -0.275. The van der Waals surface area contributed by atoms with E-state index in [0.717, 1.165) is 24.0 Å². The normalized spacial score (nSPS) is 13.9. The van der Waals surface area contributed by atoms with Gasteiger partial charge in [-0.3, -0.25) is 4.79 Å². The standard InChI is InChI=1S/C12H16F3N3OS/c1-7(9(19)18-11(2,3)4)20-10-16-6-5-8(17-10)12(13,14)15/h5-7H,1-4H3,(H,18,19)/t7-/m1/s1. The van der Waals surface area contributed by atoms with Crippen LogP contribution < -0.4 is 5.32 Å². The molecule has 0 aromatic carbocycles. The smallest absolute Gasteiger partial charge is 0.351 e. The van der Waals surface area contributed by atoms with Crippen LogP contribution in [0.1, 0.15) is 33.4 Å². The van der Waals surface area contributed by atoms with Crippen LogP contribution in [0, 0.1) is 0 Å². The van der Waals surface area contributed by atoms with Crippen LogP contribution in [0.2, 0.25) is 0 Å². The molecule has 1 amide bonds. The molecule has 0 saturated carbocycles. The van der Waals surface area contributed by atoms with Crippen LogP contribution in [0.25, 0.3) is 0 Å². The molecule has 112 valence electrons. The van der Waals surface area contributed by atoms with E-state index in [-0.39, 0.29) is 11.1 Å². The number of carbonyl (C=O) groups is 1. The molecule has 0 aliphatic heterocycles. The van der Waals surface area contributed by atoms with Gasteiger partial charge in [0.05, 0.1) is 5.25 Å². The van der Waals surface area contributed by atoms with Gasteiger partial charge in [-0.2, -0.15) is 13.2 Å². The molecule has 0 aliphatic rings. The van der Waals surface area contributed by atoms with Gasteiger partial charge in [0.2, 0.25) is 5.91 Å². The Bertz CT molecular complexity index is 486. The predicted octanol–water partition coefficient (Wildman–Crippen LogP) is 2.89. The molecule has 0 radical (unpaired) electrons. The molecule has 0 unspecified atom stereocenters. The van der Waals surface area contributed by atoms with E-state index < -0.39 is 22.7 Å². The highest BCUT2D eigenvalue weighted by molar-refractivity contribution is 8.00. The minimum Gasteiger partial charge on any atom is -0.351 e. The number of thioether (sulfide) groups is 1. The molecule has 1 atom stereocenters. The van der Waals surface area contributed by atoms with Crippen molar-refractivity contribution in [3.05, 3.63) is 18.0 Å². The van der Waals surface area contributed by atoms with Crippen molar-refractivity contribution in [3.8, 4) is 0 Å². The molecular formula is C12H16F3N3OS. The van der Waals surface area contributed by atoms with Crippen molar-refractivity contribution >= 4 is 17.7 Å². The fourth-order valence-electron chi connectivity index (χ4n) is 1.24. The van der Waals surface area contributed by atoms with Gasteiger partial charge in [-0.25, -0.2) is 9.97 Å². The number of halogens is 3. The van der Waals surface area contributed by atoms with Gasteiger partial charge >= 0.3 is 6.18 Å². The van der Waals surface area contributed by atoms with E-state index in [9.17, 15) is 18.0 Å². The zero-order chi connectivity index (χ0) is 15.6. The molecule has 8 heteroatoms. The summed E-state index contributed by atoms with van der Waals surface area (Å²) in [4.78, 5) is 19.0.